The van der Waals surface area contributed by atoms with E-state index < -0.39 is 12.0 Å². The molecule has 0 aliphatic carbocycles. The van der Waals surface area contributed by atoms with Crippen LogP contribution in [-0.4, -0.2) is 58.5 Å². The smallest absolute Gasteiger partial charge is 0.254 e. The van der Waals surface area contributed by atoms with E-state index in [0.29, 0.717) is 39.8 Å². The monoisotopic (exact) mass is 522 g/mol. The zero-order valence-corrected chi connectivity index (χ0v) is 22.5. The van der Waals surface area contributed by atoms with Gasteiger partial charge in [-0.1, -0.05) is 12.1 Å². The van der Waals surface area contributed by atoms with Crippen LogP contribution in [0, 0.1) is 0 Å². The molecule has 3 aromatic carbocycles. The van der Waals surface area contributed by atoms with E-state index >= 15 is 0 Å². The van der Waals surface area contributed by atoms with Crippen LogP contribution in [0.1, 0.15) is 33.4 Å². The summed E-state index contributed by atoms with van der Waals surface area (Å²) in [6.45, 7) is 0. The van der Waals surface area contributed by atoms with Gasteiger partial charge in [-0.05, 0) is 53.8 Å². The Morgan fingerprint density at radius 2 is 1.51 bits per heavy atom. The average molecular weight is 523 g/mol. The lowest BCUT2D eigenvalue weighted by atomic mass is 9.79. The van der Waals surface area contributed by atoms with Crippen LogP contribution in [0.15, 0.2) is 59.5 Å². The van der Waals surface area contributed by atoms with Crippen LogP contribution < -0.4 is 24.3 Å². The largest absolute Gasteiger partial charge is 0.497 e. The number of rotatable bonds is 8. The van der Waals surface area contributed by atoms with Gasteiger partial charge in [0.15, 0.2) is 11.5 Å². The van der Waals surface area contributed by atoms with Crippen LogP contribution in [0.3, 0.4) is 0 Å². The number of fused-ring (bicyclic) bond motifs is 1. The molecule has 0 saturated heterocycles. The number of likely N-dealkylation sites (N-methyl/N-ethyl adjacent to an activating group) is 1. The summed E-state index contributed by atoms with van der Waals surface area (Å²) in [4.78, 5) is 30.3. The van der Waals surface area contributed by atoms with Crippen LogP contribution in [0.4, 0.5) is 5.69 Å². The molecule has 3 aromatic rings. The number of amides is 2. The molecule has 0 fully saturated rings. The molecule has 0 radical (unpaired) electrons. The van der Waals surface area contributed by atoms with Crippen molar-refractivity contribution >= 4 is 29.3 Å². The second kappa shape index (κ2) is 11.0. The Kier molecular flexibility index (Phi) is 7.83. The van der Waals surface area contributed by atoms with E-state index in [1.165, 1.54) is 21.3 Å². The highest BCUT2D eigenvalue weighted by molar-refractivity contribution is 7.98. The first-order valence-corrected chi connectivity index (χ1v) is 12.8. The van der Waals surface area contributed by atoms with Crippen molar-refractivity contribution in [2.75, 3.05) is 47.1 Å². The third-order valence-corrected chi connectivity index (χ3v) is 7.32. The highest BCUT2D eigenvalue weighted by Gasteiger charge is 2.43. The molecule has 4 rings (SSSR count). The van der Waals surface area contributed by atoms with Gasteiger partial charge in [0.05, 0.1) is 46.1 Å². The highest BCUT2D eigenvalue weighted by atomic mass is 32.2. The second-order valence-corrected chi connectivity index (χ2v) is 9.34. The minimum absolute atomic E-state index is 0.207. The fourth-order valence-corrected chi connectivity index (χ4v) is 5.07. The molecule has 2 atom stereocenters. The first-order chi connectivity index (χ1) is 17.9. The number of methoxy groups -OCH3 is 4. The summed E-state index contributed by atoms with van der Waals surface area (Å²) in [5.41, 5.74) is 2.28. The molecule has 1 heterocycles. The van der Waals surface area contributed by atoms with Crippen molar-refractivity contribution in [3.8, 4) is 23.0 Å². The lowest BCUT2D eigenvalue weighted by Gasteiger charge is -2.40. The number of thioether (sulfide) groups is 1. The van der Waals surface area contributed by atoms with Crippen LogP contribution in [-0.2, 0) is 4.79 Å². The molecule has 1 aliphatic rings. The summed E-state index contributed by atoms with van der Waals surface area (Å²) in [5, 5.41) is 3.01. The number of nitrogens with zero attached hydrogens (tertiary/aromatic N) is 1. The van der Waals surface area contributed by atoms with Crippen molar-refractivity contribution in [1.82, 2.24) is 4.90 Å². The second-order valence-electron chi connectivity index (χ2n) is 8.46. The Morgan fingerprint density at radius 1 is 0.865 bits per heavy atom. The predicted octanol–water partition coefficient (Wildman–Crippen LogP) is 4.99. The number of anilines is 1. The summed E-state index contributed by atoms with van der Waals surface area (Å²) >= 11 is 1.62. The van der Waals surface area contributed by atoms with Gasteiger partial charge < -0.3 is 29.2 Å². The summed E-state index contributed by atoms with van der Waals surface area (Å²) < 4.78 is 21.7. The van der Waals surface area contributed by atoms with E-state index in [2.05, 4.69) is 5.32 Å². The van der Waals surface area contributed by atoms with Crippen molar-refractivity contribution in [1.29, 1.82) is 0 Å². The van der Waals surface area contributed by atoms with Gasteiger partial charge in [-0.15, -0.1) is 11.8 Å². The van der Waals surface area contributed by atoms with Gasteiger partial charge in [0.1, 0.15) is 11.5 Å². The highest BCUT2D eigenvalue weighted by Crippen LogP contribution is 2.46. The fraction of sp³-hybridized carbons (Fsp3) is 0.286. The number of carbonyl (C=O) groups excluding carboxylic acids is 2. The van der Waals surface area contributed by atoms with Gasteiger partial charge in [-0.25, -0.2) is 0 Å². The lowest BCUT2D eigenvalue weighted by Crippen LogP contribution is -2.44. The van der Waals surface area contributed by atoms with Crippen molar-refractivity contribution in [3.63, 3.8) is 0 Å². The SMILES string of the molecule is COc1ccc(NC(=O)[C@H]2c3cc(OC)c(OC)cc3C(=O)N(C)[C@@H]2c2ccc(SC)cc2)c(OC)c1. The standard InChI is InChI=1S/C28H30N2O6S/c1-30-26(16-7-10-18(37-6)11-8-16)25(19-14-23(35-4)24(36-5)15-20(19)28(30)32)27(31)29-21-12-9-17(33-2)13-22(21)34-3/h7-15,25-26H,1-6H3,(H,29,31)/t25-,26+/m0/s1. The van der Waals surface area contributed by atoms with Gasteiger partial charge in [0, 0.05) is 23.6 Å². The van der Waals surface area contributed by atoms with Gasteiger partial charge in [0.2, 0.25) is 5.91 Å². The predicted molar refractivity (Wildman–Crippen MR) is 144 cm³/mol. The Morgan fingerprint density at radius 3 is 2.11 bits per heavy atom. The molecule has 2 amide bonds. The number of nitrogens with one attached hydrogen (secondary N) is 1. The third kappa shape index (κ3) is 4.91. The number of carbonyl (C=O) groups is 2. The first-order valence-electron chi connectivity index (χ1n) is 11.6. The molecule has 0 aromatic heterocycles. The maximum absolute atomic E-state index is 14.1. The van der Waals surface area contributed by atoms with Crippen molar-refractivity contribution in [2.45, 2.75) is 16.9 Å². The number of benzene rings is 3. The summed E-state index contributed by atoms with van der Waals surface area (Å²) in [5.74, 6) is 0.672. The number of hydrogen-bond donors (Lipinski definition) is 1. The minimum atomic E-state index is -0.746. The fourth-order valence-electron chi connectivity index (χ4n) is 4.66. The summed E-state index contributed by atoms with van der Waals surface area (Å²) in [6, 6.07) is 15.9. The maximum Gasteiger partial charge on any atom is 0.254 e. The van der Waals surface area contributed by atoms with E-state index in [4.69, 9.17) is 18.9 Å². The quantitative estimate of drug-likeness (QED) is 0.417. The zero-order valence-electron chi connectivity index (χ0n) is 21.7. The van der Waals surface area contributed by atoms with E-state index in [1.807, 2.05) is 30.5 Å². The molecule has 9 heteroatoms. The van der Waals surface area contributed by atoms with Crippen molar-refractivity contribution < 1.29 is 28.5 Å². The zero-order chi connectivity index (χ0) is 26.7. The van der Waals surface area contributed by atoms with E-state index in [1.54, 1.807) is 61.2 Å². The molecule has 1 N–H and O–H groups in total. The average Bonchev–Trinajstić information content (AvgIpc) is 2.94. The molecular weight excluding hydrogens is 492 g/mol. The maximum atomic E-state index is 14.1. The number of ether oxygens (including phenoxy) is 4. The van der Waals surface area contributed by atoms with E-state index in [9.17, 15) is 9.59 Å². The molecule has 0 unspecified atom stereocenters. The summed E-state index contributed by atoms with van der Waals surface area (Å²) in [6.07, 6.45) is 2.00. The van der Waals surface area contributed by atoms with Gasteiger partial charge in [-0.2, -0.15) is 0 Å². The Labute approximate surface area is 220 Å². The Bertz CT molecular complexity index is 1310. The van der Waals surface area contributed by atoms with Gasteiger partial charge in [0.25, 0.3) is 5.91 Å². The molecule has 194 valence electrons. The Hall–Kier alpha value is -3.85. The Balaban J connectivity index is 1.86. The molecule has 0 spiro atoms. The molecule has 8 nitrogen and oxygen atoms in total. The van der Waals surface area contributed by atoms with Crippen LogP contribution >= 0.6 is 11.8 Å². The number of hydrogen-bond acceptors (Lipinski definition) is 7. The van der Waals surface area contributed by atoms with Crippen LogP contribution in [0.25, 0.3) is 0 Å². The van der Waals surface area contributed by atoms with Crippen LogP contribution in [0.2, 0.25) is 0 Å². The van der Waals surface area contributed by atoms with Crippen molar-refractivity contribution in [2.24, 2.45) is 0 Å². The molecule has 1 aliphatic heterocycles. The normalized spacial score (nSPS) is 16.6. The molecule has 0 bridgehead atoms. The topological polar surface area (TPSA) is 86.3 Å². The summed E-state index contributed by atoms with van der Waals surface area (Å²) in [7, 11) is 7.84. The van der Waals surface area contributed by atoms with Gasteiger partial charge in [-0.3, -0.25) is 9.59 Å². The van der Waals surface area contributed by atoms with Gasteiger partial charge >= 0.3 is 0 Å². The third-order valence-electron chi connectivity index (χ3n) is 6.58. The van der Waals surface area contributed by atoms with E-state index in [0.717, 1.165) is 10.5 Å². The molecular formula is C28H30N2O6S. The van der Waals surface area contributed by atoms with Crippen molar-refractivity contribution in [3.05, 3.63) is 71.3 Å². The van der Waals surface area contributed by atoms with Crippen LogP contribution in [0.5, 0.6) is 23.0 Å². The first kappa shape index (κ1) is 26.2. The molecule has 37 heavy (non-hydrogen) atoms. The molecule has 0 saturated carbocycles. The minimum Gasteiger partial charge on any atom is -0.497 e. The lowest BCUT2D eigenvalue weighted by molar-refractivity contribution is -0.119. The van der Waals surface area contributed by atoms with E-state index in [-0.39, 0.29) is 11.8 Å².